The highest BCUT2D eigenvalue weighted by Gasteiger charge is 2.24. The van der Waals surface area contributed by atoms with Crippen molar-refractivity contribution < 1.29 is 43.2 Å². The van der Waals surface area contributed by atoms with Gasteiger partial charge in [0.25, 0.3) is 0 Å². The van der Waals surface area contributed by atoms with Crippen molar-refractivity contribution in [3.8, 4) is 34.5 Å². The highest BCUT2D eigenvalue weighted by molar-refractivity contribution is 6.09. The normalized spacial score (nSPS) is 11.0. The largest absolute Gasteiger partial charge is 0.508 e. The first-order valence-electron chi connectivity index (χ1n) is 21.0. The summed E-state index contributed by atoms with van der Waals surface area (Å²) >= 11 is 0. The Morgan fingerprint density at radius 2 is 0.591 bits per heavy atom. The Hall–Kier alpha value is -8.04. The summed E-state index contributed by atoms with van der Waals surface area (Å²) in [5.74, 6) is 1.74. The number of carbonyl (C=O) groups is 2. The van der Waals surface area contributed by atoms with Crippen molar-refractivity contribution in [2.45, 2.75) is 38.5 Å². The van der Waals surface area contributed by atoms with Gasteiger partial charge in [0, 0.05) is 33.1 Å². The summed E-state index contributed by atoms with van der Waals surface area (Å²) in [6.45, 7) is 8.60. The number of halogens is 2. The Balaban J connectivity index is 0.000000182. The number of methoxy groups -OCH3 is 1. The van der Waals surface area contributed by atoms with Crippen LogP contribution in [0.3, 0.4) is 0 Å². The second-order valence-electron chi connectivity index (χ2n) is 16.4. The minimum Gasteiger partial charge on any atom is -0.508 e. The standard InChI is InChI=1S/C29H25FO3.C15H16O2.C13H9FO2/c1-29(2,22-8-16-25(32-3)17-9-22)23-10-18-27(19-11-23)33-26-14-6-21(7-15-26)28(31)20-4-12-24(30)13-5-20;1-15(2,11-3-7-13(16)8-4-11)12-5-9-14(17)10-6-12;14-11-5-1-9(2-6-11)13(16)10-3-7-12(15)8-4-10/h4-19H,1-3H3;3-10,16-17H,1-2H3;1-8,15H. The fraction of sp³-hybridized carbons (Fsp3) is 0.123. The maximum Gasteiger partial charge on any atom is 0.193 e. The van der Waals surface area contributed by atoms with Gasteiger partial charge < -0.3 is 24.8 Å². The molecule has 3 N–H and O–H groups in total. The van der Waals surface area contributed by atoms with Gasteiger partial charge in [-0.3, -0.25) is 9.59 Å². The fourth-order valence-corrected chi connectivity index (χ4v) is 7.00. The van der Waals surface area contributed by atoms with Gasteiger partial charge in [-0.2, -0.15) is 0 Å². The number of aromatic hydroxyl groups is 3. The number of benzene rings is 8. The summed E-state index contributed by atoms with van der Waals surface area (Å²) in [6, 6.07) is 54.3. The zero-order valence-corrected chi connectivity index (χ0v) is 37.2. The topological polar surface area (TPSA) is 113 Å². The number of rotatable bonds is 11. The van der Waals surface area contributed by atoms with Gasteiger partial charge in [0.1, 0.15) is 46.1 Å². The SMILES string of the molecule is CC(C)(c1ccc(O)cc1)c1ccc(O)cc1.COc1ccc(C(C)(C)c2ccc(Oc3ccc(C(=O)c4ccc(F)cc4)cc3)cc2)cc1.O=C(c1ccc(O)cc1)c1ccc(F)cc1. The lowest BCUT2D eigenvalue weighted by Crippen LogP contribution is -2.18. The Kier molecular flexibility index (Phi) is 15.2. The third-order valence-electron chi connectivity index (χ3n) is 11.3. The zero-order chi connectivity index (χ0) is 47.4. The molecule has 8 aromatic carbocycles. The molecule has 7 nitrogen and oxygen atoms in total. The van der Waals surface area contributed by atoms with Gasteiger partial charge in [0.15, 0.2) is 11.6 Å². The second-order valence-corrected chi connectivity index (χ2v) is 16.4. The first-order chi connectivity index (χ1) is 31.5. The zero-order valence-electron chi connectivity index (χ0n) is 37.2. The molecule has 0 atom stereocenters. The number of phenolic OH excluding ortho intramolecular Hbond substituents is 3. The van der Waals surface area contributed by atoms with E-state index in [1.165, 1.54) is 83.9 Å². The van der Waals surface area contributed by atoms with Gasteiger partial charge in [-0.05, 0) is 168 Å². The molecule has 0 aromatic heterocycles. The maximum absolute atomic E-state index is 13.1. The number of ketones is 2. The van der Waals surface area contributed by atoms with E-state index in [1.54, 1.807) is 55.6 Å². The molecule has 0 aliphatic heterocycles. The third-order valence-corrected chi connectivity index (χ3v) is 11.3. The molecule has 0 saturated carbocycles. The van der Waals surface area contributed by atoms with Crippen molar-refractivity contribution in [1.82, 2.24) is 0 Å². The second kappa shape index (κ2) is 21.1. The van der Waals surface area contributed by atoms with Gasteiger partial charge in [-0.25, -0.2) is 8.78 Å². The van der Waals surface area contributed by atoms with E-state index in [9.17, 15) is 28.6 Å². The van der Waals surface area contributed by atoms with Crippen LogP contribution in [0.5, 0.6) is 34.5 Å². The molecule has 0 heterocycles. The molecular weight excluding hydrogens is 835 g/mol. The van der Waals surface area contributed by atoms with E-state index in [1.807, 2.05) is 48.5 Å². The van der Waals surface area contributed by atoms with E-state index in [2.05, 4.69) is 52.0 Å². The molecule has 0 radical (unpaired) electrons. The van der Waals surface area contributed by atoms with Gasteiger partial charge in [0.2, 0.25) is 0 Å². The van der Waals surface area contributed by atoms with Crippen molar-refractivity contribution in [2.75, 3.05) is 7.11 Å². The van der Waals surface area contributed by atoms with Crippen molar-refractivity contribution in [3.63, 3.8) is 0 Å². The van der Waals surface area contributed by atoms with Crippen LogP contribution in [-0.4, -0.2) is 34.0 Å². The molecular formula is C57H50F2O7. The Labute approximate surface area is 383 Å². The molecule has 0 saturated heterocycles. The van der Waals surface area contributed by atoms with Crippen LogP contribution in [0.15, 0.2) is 194 Å². The predicted molar refractivity (Wildman–Crippen MR) is 254 cm³/mol. The van der Waals surface area contributed by atoms with Crippen LogP contribution in [0.25, 0.3) is 0 Å². The number of hydrogen-bond donors (Lipinski definition) is 3. The highest BCUT2D eigenvalue weighted by atomic mass is 19.1. The number of carbonyl (C=O) groups excluding carboxylic acids is 2. The summed E-state index contributed by atoms with van der Waals surface area (Å²) in [4.78, 5) is 24.4. The predicted octanol–water partition coefficient (Wildman–Crippen LogP) is 13.4. The van der Waals surface area contributed by atoms with E-state index < -0.39 is 0 Å². The van der Waals surface area contributed by atoms with E-state index in [0.717, 1.165) is 16.9 Å². The summed E-state index contributed by atoms with van der Waals surface area (Å²) in [5.41, 5.74) is 6.14. The molecule has 9 heteroatoms. The Morgan fingerprint density at radius 3 is 0.894 bits per heavy atom. The molecule has 0 aliphatic rings. The van der Waals surface area contributed by atoms with Crippen LogP contribution in [0.2, 0.25) is 0 Å². The number of hydrogen-bond acceptors (Lipinski definition) is 7. The van der Waals surface area contributed by atoms with Crippen LogP contribution >= 0.6 is 0 Å². The molecule has 0 bridgehead atoms. The van der Waals surface area contributed by atoms with Crippen LogP contribution in [0.4, 0.5) is 8.78 Å². The summed E-state index contributed by atoms with van der Waals surface area (Å²) in [5, 5.41) is 27.7. The molecule has 334 valence electrons. The average Bonchev–Trinajstić information content (AvgIpc) is 3.33. The summed E-state index contributed by atoms with van der Waals surface area (Å²) < 4.78 is 37.0. The van der Waals surface area contributed by atoms with E-state index in [-0.39, 0.29) is 51.3 Å². The minimum atomic E-state index is -0.373. The van der Waals surface area contributed by atoms with Crippen LogP contribution in [0.1, 0.15) is 81.8 Å². The minimum absolute atomic E-state index is 0.107. The van der Waals surface area contributed by atoms with E-state index in [0.29, 0.717) is 33.8 Å². The summed E-state index contributed by atoms with van der Waals surface area (Å²) in [6.07, 6.45) is 0. The molecule has 0 amide bonds. The quantitative estimate of drug-likeness (QED) is 0.111. The van der Waals surface area contributed by atoms with E-state index in [4.69, 9.17) is 14.6 Å². The van der Waals surface area contributed by atoms with Crippen molar-refractivity contribution in [2.24, 2.45) is 0 Å². The average molecular weight is 885 g/mol. The maximum atomic E-state index is 13.1. The van der Waals surface area contributed by atoms with Gasteiger partial charge in [-0.15, -0.1) is 0 Å². The first-order valence-corrected chi connectivity index (χ1v) is 21.0. The lowest BCUT2D eigenvalue weighted by molar-refractivity contribution is 0.103. The molecule has 8 rings (SSSR count). The number of ether oxygens (including phenoxy) is 2. The molecule has 66 heavy (non-hydrogen) atoms. The van der Waals surface area contributed by atoms with Crippen molar-refractivity contribution >= 4 is 11.6 Å². The van der Waals surface area contributed by atoms with E-state index >= 15 is 0 Å². The summed E-state index contributed by atoms with van der Waals surface area (Å²) in [7, 11) is 1.66. The third kappa shape index (κ3) is 12.1. The fourth-order valence-electron chi connectivity index (χ4n) is 7.00. The lowest BCUT2D eigenvalue weighted by atomic mass is 9.78. The van der Waals surface area contributed by atoms with Crippen LogP contribution in [-0.2, 0) is 10.8 Å². The molecule has 8 aromatic rings. The molecule has 0 fully saturated rings. The van der Waals surface area contributed by atoms with Gasteiger partial charge in [0.05, 0.1) is 7.11 Å². The molecule has 0 spiro atoms. The Morgan fingerprint density at radius 1 is 0.364 bits per heavy atom. The van der Waals surface area contributed by atoms with Crippen LogP contribution in [0, 0.1) is 11.6 Å². The number of phenols is 3. The smallest absolute Gasteiger partial charge is 0.193 e. The van der Waals surface area contributed by atoms with Gasteiger partial charge >= 0.3 is 0 Å². The first kappa shape index (κ1) is 47.4. The van der Waals surface area contributed by atoms with Crippen molar-refractivity contribution in [1.29, 1.82) is 0 Å². The molecule has 0 unspecified atom stereocenters. The lowest BCUT2D eigenvalue weighted by Gasteiger charge is -2.26. The van der Waals surface area contributed by atoms with Crippen molar-refractivity contribution in [3.05, 3.63) is 250 Å². The van der Waals surface area contributed by atoms with Gasteiger partial charge in [-0.1, -0.05) is 76.2 Å². The molecule has 0 aliphatic carbocycles. The Bertz CT molecular complexity index is 2720. The monoisotopic (exact) mass is 884 g/mol. The van der Waals surface area contributed by atoms with Crippen LogP contribution < -0.4 is 9.47 Å². The highest BCUT2D eigenvalue weighted by Crippen LogP contribution is 2.35.